The molecule has 4 N–H and O–H groups in total. The second-order valence-electron chi connectivity index (χ2n) is 20.8. The van der Waals surface area contributed by atoms with Crippen LogP contribution in [0.2, 0.25) is 0 Å². The van der Waals surface area contributed by atoms with E-state index in [0.717, 1.165) is 82.0 Å². The fourth-order valence-corrected chi connectivity index (χ4v) is 11.3. The lowest BCUT2D eigenvalue weighted by atomic mass is 9.80. The molecule has 0 spiro atoms. The van der Waals surface area contributed by atoms with Crippen molar-refractivity contribution in [1.82, 2.24) is 20.6 Å². The van der Waals surface area contributed by atoms with Crippen LogP contribution in [-0.4, -0.2) is 53.2 Å². The molecule has 65 heavy (non-hydrogen) atoms. The fraction of sp³-hybridized carbons (Fsp3) is 0.636. The van der Waals surface area contributed by atoms with Crippen LogP contribution in [-0.2, 0) is 19.1 Å². The molecule has 0 aromatic carbocycles. The number of Topliss-reactive ketones (excluding diaryl/α,β-unsaturated/α-hetero) is 2. The Morgan fingerprint density at radius 1 is 0.785 bits per heavy atom. The molecule has 0 radical (unpaired) electrons. The number of carbonyl (C=O) groups is 4. The number of aromatic amines is 2. The molecule has 2 aromatic rings. The molecule has 0 amide bonds. The zero-order valence-electron chi connectivity index (χ0n) is 41.8. The lowest BCUT2D eigenvalue weighted by Crippen LogP contribution is -2.38. The van der Waals surface area contributed by atoms with Gasteiger partial charge in [0.15, 0.2) is 11.6 Å². The minimum absolute atomic E-state index is 0.0266. The summed E-state index contributed by atoms with van der Waals surface area (Å²) in [6.45, 7) is 24.0. The average Bonchev–Trinajstić information content (AvgIpc) is 4.00. The van der Waals surface area contributed by atoms with Crippen LogP contribution in [0.1, 0.15) is 189 Å². The van der Waals surface area contributed by atoms with Gasteiger partial charge in [0.1, 0.15) is 5.92 Å². The maximum absolute atomic E-state index is 14.4. The number of ketones is 2. The molecule has 2 aromatic heterocycles. The summed E-state index contributed by atoms with van der Waals surface area (Å²) in [5.41, 5.74) is 9.00. The standard InChI is InChI=1S/C55H80N4O6/c1-13-39-34(7)41-29-46-48(38(11)60)36(9)43(57-46)27-42-35(8)40(52(58-42)50-51(55(63)64-12)54(62)49-37(10)44(59-53(49)50)28-45(39)56-41)23-24-47(61)65-26-25-33(6)22-16-21-32(5)20-15-19-31(4)18-14-17-30(2)3/h27-35,40,51-52,56-59H,13-26H2,1-12H3/b41-29-,42-27-,44-28-/t31-,32+,33?,34-,35+,40+,51-,52?/m1/s1. The fourth-order valence-electron chi connectivity index (χ4n) is 11.3. The van der Waals surface area contributed by atoms with Crippen LogP contribution in [0.15, 0.2) is 22.7 Å². The molecule has 356 valence electrons. The van der Waals surface area contributed by atoms with Gasteiger partial charge < -0.3 is 30.1 Å². The first-order chi connectivity index (χ1) is 30.9. The molecule has 1 saturated heterocycles. The molecular weight excluding hydrogens is 813 g/mol. The predicted octanol–water partition coefficient (Wildman–Crippen LogP) is 10.4. The van der Waals surface area contributed by atoms with Crippen molar-refractivity contribution in [3.05, 3.63) is 67.0 Å². The van der Waals surface area contributed by atoms with E-state index in [1.54, 1.807) is 6.92 Å². The van der Waals surface area contributed by atoms with Gasteiger partial charge in [-0.2, -0.15) is 0 Å². The Hall–Kier alpha value is -4.60. The molecule has 3 aliphatic heterocycles. The highest BCUT2D eigenvalue weighted by atomic mass is 16.5. The lowest BCUT2D eigenvalue weighted by Gasteiger charge is -2.25. The van der Waals surface area contributed by atoms with Crippen LogP contribution in [0, 0.1) is 61.2 Å². The van der Waals surface area contributed by atoms with Gasteiger partial charge in [-0.3, -0.25) is 19.2 Å². The maximum atomic E-state index is 14.4. The van der Waals surface area contributed by atoms with Gasteiger partial charge in [-0.05, 0) is 110 Å². The topological polar surface area (TPSA) is 142 Å². The van der Waals surface area contributed by atoms with Gasteiger partial charge in [0.25, 0.3) is 0 Å². The van der Waals surface area contributed by atoms with E-state index in [0.29, 0.717) is 41.0 Å². The smallest absolute Gasteiger partial charge is 0.320 e. The number of methoxy groups -OCH3 is 1. The summed E-state index contributed by atoms with van der Waals surface area (Å²) in [5, 5.41) is 8.84. The van der Waals surface area contributed by atoms with Crippen LogP contribution >= 0.6 is 0 Å². The van der Waals surface area contributed by atoms with E-state index in [9.17, 15) is 19.2 Å². The van der Waals surface area contributed by atoms with Gasteiger partial charge in [0.05, 0.1) is 30.8 Å². The Balaban J connectivity index is 1.19. The largest absolute Gasteiger partial charge is 0.468 e. The molecule has 5 heterocycles. The minimum Gasteiger partial charge on any atom is -0.468 e. The van der Waals surface area contributed by atoms with Crippen LogP contribution in [0.5, 0.6) is 0 Å². The number of nitrogens with one attached hydrogen (secondary N) is 4. The van der Waals surface area contributed by atoms with Crippen molar-refractivity contribution < 1.29 is 28.7 Å². The average molecular weight is 893 g/mol. The Morgan fingerprint density at radius 2 is 1.40 bits per heavy atom. The second-order valence-corrected chi connectivity index (χ2v) is 20.8. The number of ether oxygens (including phenoxy) is 2. The second kappa shape index (κ2) is 21.8. The summed E-state index contributed by atoms with van der Waals surface area (Å²) < 4.78 is 11.2. The molecule has 4 aliphatic rings. The van der Waals surface area contributed by atoms with Crippen molar-refractivity contribution in [3.63, 3.8) is 0 Å². The van der Waals surface area contributed by atoms with E-state index in [1.165, 1.54) is 64.0 Å². The third kappa shape index (κ3) is 11.2. The van der Waals surface area contributed by atoms with E-state index in [4.69, 9.17) is 9.47 Å². The SMILES string of the molecule is CCC1=C2/C=c3\[nH]c4c(c3C)C(=O)[C@H](C(=O)OC)C=4C3N/C(=C\c4[nH]c(c(C(C)=O)c4C)/C=C(\N2)[C@@H]1C)[C@@H](C)[C@@H]3CCC(=O)OCCC(C)CCC[C@@H](C)CCC[C@H](C)CCCC(C)C. The number of fused-ring (bicyclic) bond motifs is 8. The third-order valence-corrected chi connectivity index (χ3v) is 15.4. The quantitative estimate of drug-likeness (QED) is 0.0551. The Bertz CT molecular complexity index is 2320. The normalized spacial score (nSPS) is 24.7. The van der Waals surface area contributed by atoms with Gasteiger partial charge in [-0.15, -0.1) is 0 Å². The highest BCUT2D eigenvalue weighted by Crippen LogP contribution is 2.43. The molecular formula is C55H80N4O6. The van der Waals surface area contributed by atoms with Gasteiger partial charge in [-0.1, -0.05) is 113 Å². The number of H-pyrrole nitrogens is 2. The molecule has 10 heteroatoms. The first-order valence-electron chi connectivity index (χ1n) is 25.1. The zero-order valence-corrected chi connectivity index (χ0v) is 41.8. The van der Waals surface area contributed by atoms with E-state index in [-0.39, 0.29) is 41.7 Å². The first kappa shape index (κ1) is 49.8. The minimum atomic E-state index is -1.13. The number of hydrogen-bond acceptors (Lipinski definition) is 8. The van der Waals surface area contributed by atoms with Crippen molar-refractivity contribution in [1.29, 1.82) is 0 Å². The summed E-state index contributed by atoms with van der Waals surface area (Å²) >= 11 is 0. The van der Waals surface area contributed by atoms with Gasteiger partial charge in [0.2, 0.25) is 0 Å². The molecule has 0 saturated carbocycles. The highest BCUT2D eigenvalue weighted by molar-refractivity contribution is 6.19. The van der Waals surface area contributed by atoms with E-state index in [2.05, 4.69) is 94.2 Å². The Kier molecular flexibility index (Phi) is 16.7. The van der Waals surface area contributed by atoms with Gasteiger partial charge in [0, 0.05) is 57.5 Å². The number of rotatable bonds is 21. The zero-order chi connectivity index (χ0) is 47.3. The van der Waals surface area contributed by atoms with Gasteiger partial charge >= 0.3 is 11.9 Å². The number of esters is 2. The monoisotopic (exact) mass is 893 g/mol. The van der Waals surface area contributed by atoms with Crippen molar-refractivity contribution in [2.24, 2.45) is 47.3 Å². The molecule has 1 aliphatic carbocycles. The number of allylic oxidation sites excluding steroid dienone is 3. The lowest BCUT2D eigenvalue weighted by molar-refractivity contribution is -0.144. The van der Waals surface area contributed by atoms with Crippen molar-refractivity contribution in [3.8, 4) is 0 Å². The summed E-state index contributed by atoms with van der Waals surface area (Å²) in [6.07, 6.45) is 20.1. The van der Waals surface area contributed by atoms with Crippen molar-refractivity contribution >= 4 is 47.3 Å². The first-order valence-corrected chi connectivity index (χ1v) is 25.1. The molecule has 1 fully saturated rings. The number of hydrogen-bond donors (Lipinski definition) is 4. The summed E-state index contributed by atoms with van der Waals surface area (Å²) in [6, 6.07) is -0.471. The Labute approximate surface area is 389 Å². The van der Waals surface area contributed by atoms with E-state index >= 15 is 0 Å². The van der Waals surface area contributed by atoms with Crippen LogP contribution in [0.4, 0.5) is 0 Å². The highest BCUT2D eigenvalue weighted by Gasteiger charge is 2.49. The third-order valence-electron chi connectivity index (χ3n) is 15.4. The van der Waals surface area contributed by atoms with E-state index in [1.807, 2.05) is 13.8 Å². The predicted molar refractivity (Wildman–Crippen MR) is 262 cm³/mol. The molecule has 8 atom stereocenters. The van der Waals surface area contributed by atoms with Crippen molar-refractivity contribution in [2.75, 3.05) is 13.7 Å². The molecule has 8 bridgehead atoms. The van der Waals surface area contributed by atoms with Crippen LogP contribution in [0.3, 0.4) is 0 Å². The number of aromatic nitrogens is 2. The number of carbonyl (C=O) groups excluding carboxylic acids is 4. The summed E-state index contributed by atoms with van der Waals surface area (Å²) in [7, 11) is 1.32. The summed E-state index contributed by atoms with van der Waals surface area (Å²) in [5.74, 6) is 0.361. The van der Waals surface area contributed by atoms with Crippen LogP contribution < -0.4 is 21.3 Å². The van der Waals surface area contributed by atoms with Crippen LogP contribution in [0.25, 0.3) is 23.8 Å². The molecule has 2 unspecified atom stereocenters. The maximum Gasteiger partial charge on any atom is 0.320 e. The Morgan fingerprint density at radius 3 is 2.00 bits per heavy atom. The van der Waals surface area contributed by atoms with Gasteiger partial charge in [-0.25, -0.2) is 0 Å². The van der Waals surface area contributed by atoms with Crippen molar-refractivity contribution in [2.45, 2.75) is 166 Å². The summed E-state index contributed by atoms with van der Waals surface area (Å²) in [4.78, 5) is 62.0. The molecule has 10 nitrogen and oxygen atoms in total. The molecule has 6 rings (SSSR count). The van der Waals surface area contributed by atoms with E-state index < -0.39 is 17.9 Å².